The molecule has 0 aromatic carbocycles. The summed E-state index contributed by atoms with van der Waals surface area (Å²) in [6.07, 6.45) is 12.2. The highest BCUT2D eigenvalue weighted by Crippen LogP contribution is 2.32. The molecule has 0 aromatic heterocycles. The van der Waals surface area contributed by atoms with Crippen LogP contribution in [0.2, 0.25) is 0 Å². The Balaban J connectivity index is 2.17. The Labute approximate surface area is 104 Å². The fourth-order valence-electron chi connectivity index (χ4n) is 2.55. The lowest BCUT2D eigenvalue weighted by Gasteiger charge is -2.23. The molecule has 0 aromatic rings. The molecule has 0 saturated carbocycles. The first-order valence-corrected chi connectivity index (χ1v) is 6.56. The fraction of sp³-hybridized carbons (Fsp3) is 0.500. The monoisotopic (exact) mass is 230 g/mol. The van der Waals surface area contributed by atoms with Gasteiger partial charge in [-0.2, -0.15) is 0 Å². The van der Waals surface area contributed by atoms with Gasteiger partial charge in [-0.15, -0.1) is 0 Å². The molecule has 0 saturated heterocycles. The van der Waals surface area contributed by atoms with Crippen molar-refractivity contribution in [3.63, 3.8) is 0 Å². The Hall–Kier alpha value is -1.24. The first-order valence-electron chi connectivity index (χ1n) is 6.56. The van der Waals surface area contributed by atoms with Crippen LogP contribution in [0.3, 0.4) is 0 Å². The molecule has 0 fully saturated rings. The molecule has 1 unspecified atom stereocenters. The maximum absolute atomic E-state index is 9.59. The first kappa shape index (κ1) is 12.2. The van der Waals surface area contributed by atoms with Gasteiger partial charge in [0, 0.05) is 5.92 Å². The quantitative estimate of drug-likeness (QED) is 0.729. The van der Waals surface area contributed by atoms with Gasteiger partial charge in [0.05, 0.1) is 0 Å². The molecule has 0 bridgehead atoms. The highest BCUT2D eigenvalue weighted by molar-refractivity contribution is 5.38. The Morgan fingerprint density at radius 1 is 1.29 bits per heavy atom. The van der Waals surface area contributed by atoms with Crippen molar-refractivity contribution in [3.8, 4) is 0 Å². The van der Waals surface area contributed by atoms with Crippen LogP contribution in [0.1, 0.15) is 40.0 Å². The number of aliphatic hydroxyl groups is 1. The molecule has 0 spiro atoms. The molecule has 2 rings (SSSR count). The number of aliphatic hydroxyl groups excluding tert-OH is 1. The smallest absolute Gasteiger partial charge is 0.114 e. The molecule has 1 N–H and O–H groups in total. The molecule has 17 heavy (non-hydrogen) atoms. The standard InChI is InChI=1S/C16H22O/c1-11(2)13-5-4-6-14(10-13)15-7-8-16(17)12(3)9-15/h6,8-11,15,17H,4-5,7H2,1-3H3. The van der Waals surface area contributed by atoms with Crippen molar-refractivity contribution in [2.24, 2.45) is 11.8 Å². The van der Waals surface area contributed by atoms with Crippen LogP contribution in [0.25, 0.3) is 0 Å². The average Bonchev–Trinajstić information content (AvgIpc) is 2.33. The van der Waals surface area contributed by atoms with Gasteiger partial charge in [-0.1, -0.05) is 37.6 Å². The van der Waals surface area contributed by atoms with E-state index in [1.165, 1.54) is 18.4 Å². The summed E-state index contributed by atoms with van der Waals surface area (Å²) in [5.41, 5.74) is 4.00. The van der Waals surface area contributed by atoms with Gasteiger partial charge in [-0.3, -0.25) is 0 Å². The van der Waals surface area contributed by atoms with Gasteiger partial charge in [0.25, 0.3) is 0 Å². The third-order valence-corrected chi connectivity index (χ3v) is 3.76. The van der Waals surface area contributed by atoms with E-state index in [1.54, 1.807) is 5.57 Å². The zero-order chi connectivity index (χ0) is 12.4. The molecule has 0 amide bonds. The lowest BCUT2D eigenvalue weighted by atomic mass is 9.82. The van der Waals surface area contributed by atoms with Crippen LogP contribution >= 0.6 is 0 Å². The molecule has 92 valence electrons. The van der Waals surface area contributed by atoms with E-state index in [0.717, 1.165) is 12.0 Å². The summed E-state index contributed by atoms with van der Waals surface area (Å²) in [5.74, 6) is 1.56. The molecular formula is C16H22O. The predicted molar refractivity (Wildman–Crippen MR) is 72.8 cm³/mol. The molecule has 1 nitrogen and oxygen atoms in total. The lowest BCUT2D eigenvalue weighted by molar-refractivity contribution is 0.413. The van der Waals surface area contributed by atoms with E-state index in [-0.39, 0.29) is 0 Å². The van der Waals surface area contributed by atoms with E-state index in [1.807, 2.05) is 13.0 Å². The van der Waals surface area contributed by atoms with Crippen molar-refractivity contribution in [1.29, 1.82) is 0 Å². The zero-order valence-corrected chi connectivity index (χ0v) is 11.0. The number of hydrogen-bond acceptors (Lipinski definition) is 1. The van der Waals surface area contributed by atoms with Crippen LogP contribution in [0.5, 0.6) is 0 Å². The molecule has 0 heterocycles. The van der Waals surface area contributed by atoms with E-state index in [4.69, 9.17) is 0 Å². The van der Waals surface area contributed by atoms with Crippen molar-refractivity contribution in [3.05, 3.63) is 46.8 Å². The van der Waals surface area contributed by atoms with Crippen LogP contribution in [-0.4, -0.2) is 5.11 Å². The van der Waals surface area contributed by atoms with Crippen LogP contribution in [0.4, 0.5) is 0 Å². The minimum absolute atomic E-state index is 0.450. The third kappa shape index (κ3) is 2.71. The summed E-state index contributed by atoms with van der Waals surface area (Å²) in [7, 11) is 0. The second-order valence-electron chi connectivity index (χ2n) is 5.40. The summed E-state index contributed by atoms with van der Waals surface area (Å²) in [5, 5.41) is 9.59. The third-order valence-electron chi connectivity index (χ3n) is 3.76. The van der Waals surface area contributed by atoms with Crippen LogP contribution in [0, 0.1) is 11.8 Å². The van der Waals surface area contributed by atoms with Crippen molar-refractivity contribution in [2.75, 3.05) is 0 Å². The second-order valence-corrected chi connectivity index (χ2v) is 5.40. The van der Waals surface area contributed by atoms with Gasteiger partial charge in [-0.05, 0) is 49.3 Å². The molecule has 2 aliphatic rings. The summed E-state index contributed by atoms with van der Waals surface area (Å²) in [6, 6.07) is 0. The van der Waals surface area contributed by atoms with Crippen molar-refractivity contribution in [2.45, 2.75) is 40.0 Å². The number of rotatable bonds is 2. The van der Waals surface area contributed by atoms with Crippen LogP contribution in [0.15, 0.2) is 46.8 Å². The average molecular weight is 230 g/mol. The van der Waals surface area contributed by atoms with E-state index < -0.39 is 0 Å². The summed E-state index contributed by atoms with van der Waals surface area (Å²) < 4.78 is 0. The van der Waals surface area contributed by atoms with Crippen LogP contribution < -0.4 is 0 Å². The van der Waals surface area contributed by atoms with Gasteiger partial charge >= 0.3 is 0 Å². The fourth-order valence-corrected chi connectivity index (χ4v) is 2.55. The molecule has 1 heteroatoms. The normalized spacial score (nSPS) is 25.1. The van der Waals surface area contributed by atoms with E-state index >= 15 is 0 Å². The summed E-state index contributed by atoms with van der Waals surface area (Å²) in [6.45, 7) is 6.51. The highest BCUT2D eigenvalue weighted by atomic mass is 16.3. The van der Waals surface area contributed by atoms with Gasteiger partial charge < -0.3 is 5.11 Å². The molecular weight excluding hydrogens is 208 g/mol. The van der Waals surface area contributed by atoms with Crippen LogP contribution in [-0.2, 0) is 0 Å². The molecule has 0 radical (unpaired) electrons. The number of allylic oxidation sites excluding steroid dienone is 7. The van der Waals surface area contributed by atoms with Crippen molar-refractivity contribution < 1.29 is 5.11 Å². The van der Waals surface area contributed by atoms with Gasteiger partial charge in [0.2, 0.25) is 0 Å². The second kappa shape index (κ2) is 4.95. The summed E-state index contributed by atoms with van der Waals surface area (Å²) >= 11 is 0. The van der Waals surface area contributed by atoms with Crippen molar-refractivity contribution in [1.82, 2.24) is 0 Å². The topological polar surface area (TPSA) is 20.2 Å². The summed E-state index contributed by atoms with van der Waals surface area (Å²) in [4.78, 5) is 0. The molecule has 0 aliphatic heterocycles. The maximum Gasteiger partial charge on any atom is 0.114 e. The van der Waals surface area contributed by atoms with Gasteiger partial charge in [0.15, 0.2) is 0 Å². The minimum Gasteiger partial charge on any atom is -0.508 e. The zero-order valence-electron chi connectivity index (χ0n) is 11.0. The number of hydrogen-bond donors (Lipinski definition) is 1. The predicted octanol–water partition coefficient (Wildman–Crippen LogP) is 4.70. The first-order chi connectivity index (χ1) is 8.08. The Morgan fingerprint density at radius 2 is 2.06 bits per heavy atom. The van der Waals surface area contributed by atoms with Gasteiger partial charge in [0.1, 0.15) is 5.76 Å². The van der Waals surface area contributed by atoms with Gasteiger partial charge in [-0.25, -0.2) is 0 Å². The Bertz CT molecular complexity index is 419. The van der Waals surface area contributed by atoms with E-state index in [2.05, 4.69) is 32.1 Å². The highest BCUT2D eigenvalue weighted by Gasteiger charge is 2.18. The minimum atomic E-state index is 0.450. The van der Waals surface area contributed by atoms with Crippen molar-refractivity contribution >= 4 is 0 Å². The Kier molecular flexibility index (Phi) is 3.56. The molecule has 1 atom stereocenters. The lowest BCUT2D eigenvalue weighted by Crippen LogP contribution is -2.09. The molecule has 2 aliphatic carbocycles. The maximum atomic E-state index is 9.59. The van der Waals surface area contributed by atoms with E-state index in [9.17, 15) is 5.11 Å². The SMILES string of the molecule is CC1=CC(C2=CCCC(C(C)C)=C2)CC=C1O. The van der Waals surface area contributed by atoms with E-state index in [0.29, 0.717) is 17.6 Å². The largest absolute Gasteiger partial charge is 0.508 e. The Morgan fingerprint density at radius 3 is 2.71 bits per heavy atom.